The fraction of sp³-hybridized carbons (Fsp3) is 0.0714. The van der Waals surface area contributed by atoms with Crippen LogP contribution in [0.2, 0.25) is 0 Å². The summed E-state index contributed by atoms with van der Waals surface area (Å²) >= 11 is 0. The number of rotatable bonds is 4. The number of amides is 1. The molecule has 34 heavy (non-hydrogen) atoms. The third-order valence-corrected chi connectivity index (χ3v) is 6.21. The van der Waals surface area contributed by atoms with Gasteiger partial charge in [0.1, 0.15) is 0 Å². The number of nitrogens with zero attached hydrogens (tertiary/aromatic N) is 4. The van der Waals surface area contributed by atoms with E-state index in [9.17, 15) is 9.59 Å². The molecule has 0 saturated carbocycles. The summed E-state index contributed by atoms with van der Waals surface area (Å²) in [5.74, 6) is -0.245. The van der Waals surface area contributed by atoms with Crippen LogP contribution >= 0.6 is 0 Å². The van der Waals surface area contributed by atoms with Crippen LogP contribution in [0.15, 0.2) is 114 Å². The van der Waals surface area contributed by atoms with Gasteiger partial charge in [-0.05, 0) is 41.5 Å². The number of anilines is 1. The Labute approximate surface area is 196 Å². The van der Waals surface area contributed by atoms with Gasteiger partial charge < -0.3 is 0 Å². The van der Waals surface area contributed by atoms with Crippen LogP contribution in [0.25, 0.3) is 10.9 Å². The molecule has 0 fully saturated rings. The summed E-state index contributed by atoms with van der Waals surface area (Å²) in [6.45, 7) is 0.906. The SMILES string of the molecule is O=C1c2ccccc2CN(c2ccccc2)N1n1c(=O)c2ccccc2n1Cc1ccccc1. The minimum absolute atomic E-state index is 0.236. The molecule has 0 atom stereocenters. The van der Waals surface area contributed by atoms with E-state index in [1.807, 2.05) is 119 Å². The van der Waals surface area contributed by atoms with E-state index in [1.165, 1.54) is 9.91 Å². The van der Waals surface area contributed by atoms with E-state index in [0.29, 0.717) is 24.0 Å². The first-order chi connectivity index (χ1) is 16.7. The van der Waals surface area contributed by atoms with Gasteiger partial charge in [0.25, 0.3) is 11.5 Å². The number of carbonyl (C=O) groups is 1. The molecule has 0 saturated heterocycles. The zero-order valence-electron chi connectivity index (χ0n) is 18.4. The number of benzene rings is 4. The second-order valence-electron chi connectivity index (χ2n) is 8.30. The molecule has 0 radical (unpaired) electrons. The van der Waals surface area contributed by atoms with Crippen molar-refractivity contribution in [2.75, 3.05) is 10.1 Å². The van der Waals surface area contributed by atoms with Gasteiger partial charge in [0, 0.05) is 5.56 Å². The Morgan fingerprint density at radius 1 is 0.676 bits per heavy atom. The molecule has 1 aliphatic rings. The van der Waals surface area contributed by atoms with Crippen LogP contribution < -0.4 is 15.7 Å². The maximum Gasteiger partial charge on any atom is 0.295 e. The van der Waals surface area contributed by atoms with Crippen molar-refractivity contribution in [2.45, 2.75) is 13.1 Å². The first-order valence-corrected chi connectivity index (χ1v) is 11.2. The van der Waals surface area contributed by atoms with Crippen molar-refractivity contribution in [1.82, 2.24) is 9.47 Å². The van der Waals surface area contributed by atoms with Crippen LogP contribution in [0.1, 0.15) is 21.5 Å². The highest BCUT2D eigenvalue weighted by atomic mass is 16.2. The van der Waals surface area contributed by atoms with Crippen LogP contribution in [0.3, 0.4) is 0 Å². The molecule has 0 spiro atoms. The molecule has 2 heterocycles. The summed E-state index contributed by atoms with van der Waals surface area (Å²) in [6, 6.07) is 34.7. The normalized spacial score (nSPS) is 13.4. The first-order valence-electron chi connectivity index (χ1n) is 11.2. The Kier molecular flexibility index (Phi) is 4.77. The van der Waals surface area contributed by atoms with Crippen molar-refractivity contribution in [1.29, 1.82) is 0 Å². The minimum atomic E-state index is -0.245. The van der Waals surface area contributed by atoms with Gasteiger partial charge in [-0.3, -0.25) is 19.3 Å². The third kappa shape index (κ3) is 3.19. The fourth-order valence-corrected chi connectivity index (χ4v) is 4.60. The van der Waals surface area contributed by atoms with Gasteiger partial charge in [-0.1, -0.05) is 78.9 Å². The number of para-hydroxylation sites is 2. The molecular weight excluding hydrogens is 424 g/mol. The van der Waals surface area contributed by atoms with Gasteiger partial charge in [-0.15, -0.1) is 9.91 Å². The Hall–Kier alpha value is -4.58. The highest BCUT2D eigenvalue weighted by Gasteiger charge is 2.35. The lowest BCUT2D eigenvalue weighted by molar-refractivity contribution is 0.0930. The maximum absolute atomic E-state index is 13.9. The van der Waals surface area contributed by atoms with Crippen molar-refractivity contribution in [2.24, 2.45) is 0 Å². The molecule has 6 rings (SSSR count). The van der Waals surface area contributed by atoms with Crippen molar-refractivity contribution in [3.05, 3.63) is 136 Å². The highest BCUT2D eigenvalue weighted by Crippen LogP contribution is 2.27. The molecule has 0 unspecified atom stereocenters. The number of hydrogen-bond donors (Lipinski definition) is 0. The van der Waals surface area contributed by atoms with Gasteiger partial charge in [-0.25, -0.2) is 0 Å². The van der Waals surface area contributed by atoms with Crippen LogP contribution in [0, 0.1) is 0 Å². The molecule has 1 amide bonds. The highest BCUT2D eigenvalue weighted by molar-refractivity contribution is 6.05. The maximum atomic E-state index is 13.9. The van der Waals surface area contributed by atoms with Gasteiger partial charge >= 0.3 is 0 Å². The molecule has 5 aromatic rings. The number of hydrazine groups is 1. The Balaban J connectivity index is 1.61. The molecule has 6 nitrogen and oxygen atoms in total. The van der Waals surface area contributed by atoms with E-state index in [2.05, 4.69) is 0 Å². The zero-order chi connectivity index (χ0) is 23.1. The lowest BCUT2D eigenvalue weighted by atomic mass is 10.0. The monoisotopic (exact) mass is 446 g/mol. The summed E-state index contributed by atoms with van der Waals surface area (Å²) in [7, 11) is 0. The topological polar surface area (TPSA) is 50.5 Å². The van der Waals surface area contributed by atoms with Crippen molar-refractivity contribution >= 4 is 22.5 Å². The molecule has 166 valence electrons. The average Bonchev–Trinajstić information content (AvgIpc) is 3.16. The smallest absolute Gasteiger partial charge is 0.265 e. The second kappa shape index (κ2) is 8.08. The second-order valence-corrected chi connectivity index (χ2v) is 8.30. The van der Waals surface area contributed by atoms with Crippen molar-refractivity contribution < 1.29 is 4.79 Å². The predicted molar refractivity (Wildman–Crippen MR) is 133 cm³/mol. The fourth-order valence-electron chi connectivity index (χ4n) is 4.60. The third-order valence-electron chi connectivity index (χ3n) is 6.21. The van der Waals surface area contributed by atoms with Crippen molar-refractivity contribution in [3.8, 4) is 0 Å². The first kappa shape index (κ1) is 20.1. The van der Waals surface area contributed by atoms with E-state index in [4.69, 9.17) is 0 Å². The van der Waals surface area contributed by atoms with E-state index >= 15 is 0 Å². The Morgan fingerprint density at radius 2 is 1.32 bits per heavy atom. The van der Waals surface area contributed by atoms with Gasteiger partial charge in [0.15, 0.2) is 0 Å². The molecule has 1 aromatic heterocycles. The molecule has 1 aliphatic heterocycles. The lowest BCUT2D eigenvalue weighted by Gasteiger charge is -2.40. The summed E-state index contributed by atoms with van der Waals surface area (Å²) in [6.07, 6.45) is 0. The summed E-state index contributed by atoms with van der Waals surface area (Å²) in [5, 5.41) is 3.92. The largest absolute Gasteiger partial charge is 0.295 e. The number of hydrogen-bond acceptors (Lipinski definition) is 3. The van der Waals surface area contributed by atoms with Crippen LogP contribution in [0.4, 0.5) is 5.69 Å². The van der Waals surface area contributed by atoms with Crippen LogP contribution in [0.5, 0.6) is 0 Å². The van der Waals surface area contributed by atoms with E-state index in [1.54, 1.807) is 0 Å². The average molecular weight is 447 g/mol. The summed E-state index contributed by atoms with van der Waals surface area (Å²) in [4.78, 5) is 29.2. The standard InChI is InChI=1S/C28H22N4O2/c33-27-24-16-8-7-13-22(24)20-29(23-14-5-2-6-15-23)31(27)32-28(34)25-17-9-10-18-26(25)30(32)19-21-11-3-1-4-12-21/h1-18H,19-20H2. The summed E-state index contributed by atoms with van der Waals surface area (Å²) in [5.41, 5.74) is 3.92. The Morgan fingerprint density at radius 3 is 2.12 bits per heavy atom. The van der Waals surface area contributed by atoms with E-state index < -0.39 is 0 Å². The van der Waals surface area contributed by atoms with E-state index in [0.717, 1.165) is 22.3 Å². The van der Waals surface area contributed by atoms with E-state index in [-0.39, 0.29) is 11.5 Å². The summed E-state index contributed by atoms with van der Waals surface area (Å²) < 4.78 is 1.88. The molecule has 0 aliphatic carbocycles. The van der Waals surface area contributed by atoms with Gasteiger partial charge in [0.2, 0.25) is 0 Å². The van der Waals surface area contributed by atoms with Gasteiger partial charge in [0.05, 0.1) is 29.7 Å². The number of fused-ring (bicyclic) bond motifs is 2. The Bertz CT molecular complexity index is 1550. The number of carbonyl (C=O) groups excluding carboxylic acids is 1. The number of aromatic nitrogens is 2. The zero-order valence-corrected chi connectivity index (χ0v) is 18.4. The molecule has 4 aromatic carbocycles. The van der Waals surface area contributed by atoms with Gasteiger partial charge in [-0.2, -0.15) is 0 Å². The van der Waals surface area contributed by atoms with Crippen LogP contribution in [-0.2, 0) is 13.1 Å². The molecule has 0 N–H and O–H groups in total. The molecule has 6 heteroatoms. The van der Waals surface area contributed by atoms with Crippen molar-refractivity contribution in [3.63, 3.8) is 0 Å². The molecule has 0 bridgehead atoms. The van der Waals surface area contributed by atoms with Crippen LogP contribution in [-0.4, -0.2) is 15.4 Å². The molecular formula is C28H22N4O2. The quantitative estimate of drug-likeness (QED) is 0.407. The minimum Gasteiger partial charge on any atom is -0.265 e. The lowest BCUT2D eigenvalue weighted by Crippen LogP contribution is -2.60. The predicted octanol–water partition coefficient (Wildman–Crippen LogP) is 4.56.